The Hall–Kier alpha value is -0.810. The van der Waals surface area contributed by atoms with Crippen molar-refractivity contribution in [1.29, 1.82) is 0 Å². The van der Waals surface area contributed by atoms with Crippen LogP contribution in [0.2, 0.25) is 5.15 Å². The number of hydrogen-bond acceptors (Lipinski definition) is 5. The molecule has 1 aliphatic heterocycles. The van der Waals surface area contributed by atoms with Crippen molar-refractivity contribution >= 4 is 35.5 Å². The van der Waals surface area contributed by atoms with Gasteiger partial charge in [-0.1, -0.05) is 11.6 Å². The molecule has 0 amide bonds. The van der Waals surface area contributed by atoms with Gasteiger partial charge in [-0.2, -0.15) is 11.8 Å². The molecule has 0 aliphatic carbocycles. The Morgan fingerprint density at radius 3 is 2.94 bits per heavy atom. The first-order valence-corrected chi connectivity index (χ1v) is 7.07. The molecule has 0 unspecified atom stereocenters. The van der Waals surface area contributed by atoms with Gasteiger partial charge in [-0.05, 0) is 19.1 Å². The fourth-order valence-corrected chi connectivity index (χ4v) is 2.97. The number of anilines is 1. The molecule has 92 valence electrons. The highest BCUT2D eigenvalue weighted by molar-refractivity contribution is 7.99. The van der Waals surface area contributed by atoms with Gasteiger partial charge in [0.1, 0.15) is 16.8 Å². The number of hydrogen-bond donors (Lipinski definition) is 0. The van der Waals surface area contributed by atoms with Crippen LogP contribution in [0.4, 0.5) is 5.82 Å². The first-order chi connectivity index (χ1) is 8.22. The maximum absolute atomic E-state index is 11.1. The van der Waals surface area contributed by atoms with Crippen molar-refractivity contribution in [3.8, 4) is 0 Å². The summed E-state index contributed by atoms with van der Waals surface area (Å²) in [5.41, 5.74) is 0.407. The Labute approximate surface area is 110 Å². The summed E-state index contributed by atoms with van der Waals surface area (Å²) in [6.45, 7) is 3.61. The standard InChI is InChI=1S/C11H14ClN3OS/c1-8-13-10(12)9(7-16)11(14-8)15-3-2-5-17-6-4-15/h7H,2-6H2,1H3. The molecule has 0 atom stereocenters. The van der Waals surface area contributed by atoms with Crippen LogP contribution in [-0.2, 0) is 0 Å². The lowest BCUT2D eigenvalue weighted by atomic mass is 10.3. The molecule has 1 fully saturated rings. The zero-order chi connectivity index (χ0) is 12.3. The topological polar surface area (TPSA) is 46.1 Å². The number of carbonyl (C=O) groups is 1. The zero-order valence-electron chi connectivity index (χ0n) is 9.65. The zero-order valence-corrected chi connectivity index (χ0v) is 11.2. The number of thioether (sulfide) groups is 1. The molecular formula is C11H14ClN3OS. The predicted molar refractivity (Wildman–Crippen MR) is 71.3 cm³/mol. The lowest BCUT2D eigenvalue weighted by molar-refractivity contribution is 0.112. The predicted octanol–water partition coefficient (Wildman–Crippen LogP) is 2.19. The second kappa shape index (κ2) is 5.69. The van der Waals surface area contributed by atoms with Gasteiger partial charge in [-0.3, -0.25) is 4.79 Å². The highest BCUT2D eigenvalue weighted by Crippen LogP contribution is 2.24. The average Bonchev–Trinajstić information content (AvgIpc) is 2.56. The maximum Gasteiger partial charge on any atom is 0.156 e. The van der Waals surface area contributed by atoms with E-state index in [1.54, 1.807) is 6.92 Å². The Morgan fingerprint density at radius 1 is 1.35 bits per heavy atom. The molecule has 17 heavy (non-hydrogen) atoms. The summed E-state index contributed by atoms with van der Waals surface area (Å²) in [6.07, 6.45) is 1.85. The molecule has 0 aromatic carbocycles. The van der Waals surface area contributed by atoms with Crippen molar-refractivity contribution in [2.24, 2.45) is 0 Å². The summed E-state index contributed by atoms with van der Waals surface area (Å²) in [4.78, 5) is 21.6. The van der Waals surface area contributed by atoms with Crippen molar-refractivity contribution in [2.75, 3.05) is 29.5 Å². The van der Waals surface area contributed by atoms with Crippen molar-refractivity contribution in [3.05, 3.63) is 16.5 Å². The minimum absolute atomic E-state index is 0.249. The van der Waals surface area contributed by atoms with Crippen LogP contribution >= 0.6 is 23.4 Å². The number of halogens is 1. The molecule has 0 saturated carbocycles. The number of aldehydes is 1. The van der Waals surface area contributed by atoms with Crippen LogP contribution in [0.15, 0.2) is 0 Å². The molecule has 6 heteroatoms. The van der Waals surface area contributed by atoms with Crippen molar-refractivity contribution < 1.29 is 4.79 Å². The Balaban J connectivity index is 2.38. The molecule has 2 rings (SSSR count). The van der Waals surface area contributed by atoms with E-state index in [1.165, 1.54) is 0 Å². The average molecular weight is 272 g/mol. The summed E-state index contributed by atoms with van der Waals surface area (Å²) < 4.78 is 0. The van der Waals surface area contributed by atoms with Gasteiger partial charge in [-0.25, -0.2) is 9.97 Å². The van der Waals surface area contributed by atoms with Crippen LogP contribution in [-0.4, -0.2) is 40.8 Å². The van der Waals surface area contributed by atoms with E-state index in [-0.39, 0.29) is 5.15 Å². The summed E-state index contributed by atoms with van der Waals surface area (Å²) in [5.74, 6) is 3.50. The molecule has 1 aromatic rings. The van der Waals surface area contributed by atoms with Gasteiger partial charge in [-0.15, -0.1) is 0 Å². The molecule has 1 saturated heterocycles. The van der Waals surface area contributed by atoms with Gasteiger partial charge >= 0.3 is 0 Å². The van der Waals surface area contributed by atoms with E-state index in [0.717, 1.165) is 37.3 Å². The van der Waals surface area contributed by atoms with Gasteiger partial charge < -0.3 is 4.90 Å². The van der Waals surface area contributed by atoms with Gasteiger partial charge in [0.2, 0.25) is 0 Å². The highest BCUT2D eigenvalue weighted by Gasteiger charge is 2.18. The number of rotatable bonds is 2. The Bertz CT molecular complexity index is 419. The maximum atomic E-state index is 11.1. The van der Waals surface area contributed by atoms with E-state index in [2.05, 4.69) is 14.9 Å². The molecule has 4 nitrogen and oxygen atoms in total. The van der Waals surface area contributed by atoms with Crippen LogP contribution in [0.3, 0.4) is 0 Å². The quantitative estimate of drug-likeness (QED) is 0.610. The second-order valence-corrected chi connectivity index (χ2v) is 5.45. The summed E-state index contributed by atoms with van der Waals surface area (Å²) >= 11 is 7.91. The Morgan fingerprint density at radius 2 is 2.18 bits per heavy atom. The first-order valence-electron chi connectivity index (χ1n) is 5.54. The third kappa shape index (κ3) is 2.90. The van der Waals surface area contributed by atoms with E-state index in [9.17, 15) is 4.79 Å². The van der Waals surface area contributed by atoms with Gasteiger partial charge in [0.15, 0.2) is 6.29 Å². The van der Waals surface area contributed by atoms with Crippen LogP contribution in [0.25, 0.3) is 0 Å². The van der Waals surface area contributed by atoms with Crippen molar-refractivity contribution in [2.45, 2.75) is 13.3 Å². The van der Waals surface area contributed by atoms with Crippen molar-refractivity contribution in [1.82, 2.24) is 9.97 Å². The number of aromatic nitrogens is 2. The third-order valence-corrected chi connectivity index (χ3v) is 3.97. The Kier molecular flexibility index (Phi) is 4.23. The molecular weight excluding hydrogens is 258 g/mol. The molecule has 1 aliphatic rings. The largest absolute Gasteiger partial charge is 0.355 e. The summed E-state index contributed by atoms with van der Waals surface area (Å²) in [7, 11) is 0. The summed E-state index contributed by atoms with van der Waals surface area (Å²) in [5, 5.41) is 0.249. The van der Waals surface area contributed by atoms with Crippen LogP contribution < -0.4 is 4.90 Å². The van der Waals surface area contributed by atoms with E-state index < -0.39 is 0 Å². The van der Waals surface area contributed by atoms with E-state index in [4.69, 9.17) is 11.6 Å². The monoisotopic (exact) mass is 271 g/mol. The minimum Gasteiger partial charge on any atom is -0.355 e. The van der Waals surface area contributed by atoms with Gasteiger partial charge in [0.05, 0.1) is 5.56 Å². The summed E-state index contributed by atoms with van der Waals surface area (Å²) in [6, 6.07) is 0. The normalized spacial score (nSPS) is 16.7. The third-order valence-electron chi connectivity index (χ3n) is 2.63. The van der Waals surface area contributed by atoms with E-state index in [1.807, 2.05) is 11.8 Å². The smallest absolute Gasteiger partial charge is 0.156 e. The molecule has 0 radical (unpaired) electrons. The SMILES string of the molecule is Cc1nc(Cl)c(C=O)c(N2CCCSCC2)n1. The number of aryl methyl sites for hydroxylation is 1. The molecule has 2 heterocycles. The molecule has 1 aromatic heterocycles. The van der Waals surface area contributed by atoms with Crippen LogP contribution in [0, 0.1) is 6.92 Å². The molecule has 0 N–H and O–H groups in total. The highest BCUT2D eigenvalue weighted by atomic mass is 35.5. The van der Waals surface area contributed by atoms with E-state index >= 15 is 0 Å². The lowest BCUT2D eigenvalue weighted by Gasteiger charge is -2.22. The fourth-order valence-electron chi connectivity index (χ4n) is 1.83. The van der Waals surface area contributed by atoms with Gasteiger partial charge in [0.25, 0.3) is 0 Å². The number of carbonyl (C=O) groups excluding carboxylic acids is 1. The lowest BCUT2D eigenvalue weighted by Crippen LogP contribution is -2.28. The second-order valence-electron chi connectivity index (χ2n) is 3.87. The fraction of sp³-hybridized carbons (Fsp3) is 0.545. The van der Waals surface area contributed by atoms with E-state index in [0.29, 0.717) is 17.2 Å². The van der Waals surface area contributed by atoms with Crippen LogP contribution in [0.1, 0.15) is 22.6 Å². The molecule has 0 spiro atoms. The van der Waals surface area contributed by atoms with Crippen LogP contribution in [0.5, 0.6) is 0 Å². The van der Waals surface area contributed by atoms with Crippen molar-refractivity contribution in [3.63, 3.8) is 0 Å². The minimum atomic E-state index is 0.249. The first kappa shape index (κ1) is 12.6. The molecule has 0 bridgehead atoms. The van der Waals surface area contributed by atoms with Gasteiger partial charge in [0, 0.05) is 18.8 Å². The number of nitrogens with zero attached hydrogens (tertiary/aromatic N) is 3.